The molecule has 4 aliphatic rings. The van der Waals surface area contributed by atoms with Crippen molar-refractivity contribution in [3.8, 4) is 5.75 Å². The third-order valence-electron chi connectivity index (χ3n) is 9.59. The highest BCUT2D eigenvalue weighted by atomic mass is 79.9. The number of benzene rings is 3. The molecule has 3 aromatic carbocycles. The van der Waals surface area contributed by atoms with Crippen LogP contribution in [-0.4, -0.2) is 22.0 Å². The number of ether oxygens (including phenoxy) is 1. The second kappa shape index (κ2) is 10.2. The summed E-state index contributed by atoms with van der Waals surface area (Å²) in [6, 6.07) is 19.8. The maximum Gasteiger partial charge on any atom is 0.305 e. The zero-order valence-electron chi connectivity index (χ0n) is 23.0. The fourth-order valence-corrected chi connectivity index (χ4v) is 11.3. The molecule has 1 N–H and O–H groups in total. The Hall–Kier alpha value is -3.21. The van der Waals surface area contributed by atoms with Crippen LogP contribution in [0.2, 0.25) is 0 Å². The van der Waals surface area contributed by atoms with E-state index in [0.29, 0.717) is 12.3 Å². The summed E-state index contributed by atoms with van der Waals surface area (Å²) in [5, 5.41) is 0.907. The molecule has 43 heavy (non-hydrogen) atoms. The standard InChI is InChI=1S/C33H26BrFN2O4S2/c1-15-3-2-4-16(11-15)14-41-23-10-5-17(34)12-20(23)24-25-21-13-22(28(25)42-30-29(24)43-33(40)36-30)27-26(21)31(38)37(32(27)39)19-8-6-18(35)7-9-19/h2-12,21-22,24-28H,13-14H2,1H3,(H,36,40)/t21-,22-,24+,25+,26+,27+,28-/m1/s1. The number of aromatic amines is 1. The molecule has 3 heterocycles. The summed E-state index contributed by atoms with van der Waals surface area (Å²) < 4.78 is 21.0. The summed E-state index contributed by atoms with van der Waals surface area (Å²) in [5.74, 6) is -1.09. The number of thioether (sulfide) groups is 1. The molecule has 2 aliphatic carbocycles. The van der Waals surface area contributed by atoms with Crippen molar-refractivity contribution in [2.45, 2.75) is 36.1 Å². The van der Waals surface area contributed by atoms with E-state index < -0.39 is 17.7 Å². The lowest BCUT2D eigenvalue weighted by Crippen LogP contribution is -2.42. The summed E-state index contributed by atoms with van der Waals surface area (Å²) in [6.45, 7) is 2.46. The number of rotatable bonds is 5. The molecule has 2 saturated carbocycles. The van der Waals surface area contributed by atoms with E-state index in [0.717, 1.165) is 43.2 Å². The van der Waals surface area contributed by atoms with Crippen LogP contribution in [0, 0.1) is 42.3 Å². The Balaban J connectivity index is 1.20. The quantitative estimate of drug-likeness (QED) is 0.233. The topological polar surface area (TPSA) is 79.5 Å². The molecular formula is C33H26BrFN2O4S2. The van der Waals surface area contributed by atoms with Crippen LogP contribution in [0.4, 0.5) is 10.1 Å². The Morgan fingerprint density at radius 2 is 1.77 bits per heavy atom. The number of halogens is 2. The van der Waals surface area contributed by atoms with E-state index in [-0.39, 0.29) is 45.6 Å². The van der Waals surface area contributed by atoms with Gasteiger partial charge in [-0.15, -0.1) is 11.8 Å². The van der Waals surface area contributed by atoms with Crippen molar-refractivity contribution in [1.29, 1.82) is 0 Å². The molecule has 2 bridgehead atoms. The zero-order chi connectivity index (χ0) is 29.6. The van der Waals surface area contributed by atoms with Crippen LogP contribution < -0.4 is 14.5 Å². The third kappa shape index (κ3) is 4.28. The molecule has 10 heteroatoms. The molecular weight excluding hydrogens is 651 g/mol. The van der Waals surface area contributed by atoms with Crippen molar-refractivity contribution in [1.82, 2.24) is 4.98 Å². The van der Waals surface area contributed by atoms with Gasteiger partial charge in [0.1, 0.15) is 18.2 Å². The second-order valence-electron chi connectivity index (χ2n) is 11.9. The van der Waals surface area contributed by atoms with Crippen LogP contribution in [0.5, 0.6) is 5.75 Å². The number of carbonyl (C=O) groups excluding carboxylic acids is 2. The normalized spacial score (nSPS) is 28.6. The number of H-pyrrole nitrogens is 1. The van der Waals surface area contributed by atoms with E-state index in [2.05, 4.69) is 46.0 Å². The number of carbonyl (C=O) groups is 2. The minimum absolute atomic E-state index is 0.00485. The highest BCUT2D eigenvalue weighted by Gasteiger charge is 2.69. The summed E-state index contributed by atoms with van der Waals surface area (Å²) >= 11 is 6.55. The van der Waals surface area contributed by atoms with Crippen molar-refractivity contribution in [2.75, 3.05) is 4.90 Å². The monoisotopic (exact) mass is 676 g/mol. The lowest BCUT2D eigenvalue weighted by atomic mass is 9.68. The number of imide groups is 1. The van der Waals surface area contributed by atoms with Crippen molar-refractivity contribution >= 4 is 56.5 Å². The molecule has 0 spiro atoms. The van der Waals surface area contributed by atoms with Gasteiger partial charge in [0.15, 0.2) is 0 Å². The van der Waals surface area contributed by atoms with Gasteiger partial charge in [0.25, 0.3) is 0 Å². The zero-order valence-corrected chi connectivity index (χ0v) is 26.2. The SMILES string of the molecule is Cc1cccc(COc2ccc(Br)cc2[C@@H]2c3sc(=O)[nH]c3S[C@@H]3[C@@H]4C[C@@H]([C@@H]5C(=O)N(c6ccc(F)cc6)C(=O)[C@@H]45)[C@@H]23)c1. The number of anilines is 1. The number of aromatic nitrogens is 1. The molecule has 0 radical (unpaired) electrons. The third-order valence-corrected chi connectivity index (χ3v) is 12.7. The van der Waals surface area contributed by atoms with E-state index in [1.54, 1.807) is 11.8 Å². The Labute approximate surface area is 263 Å². The van der Waals surface area contributed by atoms with E-state index in [9.17, 15) is 18.8 Å². The maximum atomic E-state index is 14.0. The number of nitrogens with one attached hydrogen (secondary N) is 1. The van der Waals surface area contributed by atoms with Crippen molar-refractivity contribution in [2.24, 2.45) is 29.6 Å². The number of hydrogen-bond acceptors (Lipinski definition) is 6. The minimum Gasteiger partial charge on any atom is -0.489 e. The first-order chi connectivity index (χ1) is 20.8. The van der Waals surface area contributed by atoms with Gasteiger partial charge in [-0.05, 0) is 79.1 Å². The molecule has 2 amide bonds. The van der Waals surface area contributed by atoms with Crippen LogP contribution in [0.1, 0.15) is 33.9 Å². The fraction of sp³-hybridized carbons (Fsp3) is 0.303. The second-order valence-corrected chi connectivity index (χ2v) is 15.0. The van der Waals surface area contributed by atoms with Gasteiger partial charge < -0.3 is 9.72 Å². The van der Waals surface area contributed by atoms with Crippen LogP contribution in [0.25, 0.3) is 0 Å². The van der Waals surface area contributed by atoms with Crippen LogP contribution >= 0.6 is 39.0 Å². The Kier molecular flexibility index (Phi) is 6.47. The largest absolute Gasteiger partial charge is 0.489 e. The van der Waals surface area contributed by atoms with Gasteiger partial charge >= 0.3 is 4.87 Å². The van der Waals surface area contributed by atoms with Crippen LogP contribution in [0.3, 0.4) is 0 Å². The average molecular weight is 678 g/mol. The minimum atomic E-state index is -0.437. The molecule has 1 aromatic heterocycles. The first kappa shape index (κ1) is 27.3. The van der Waals surface area contributed by atoms with Gasteiger partial charge in [0.2, 0.25) is 11.8 Å². The number of amides is 2. The first-order valence-corrected chi connectivity index (χ1v) is 16.8. The number of hydrogen-bond donors (Lipinski definition) is 1. The lowest BCUT2D eigenvalue weighted by molar-refractivity contribution is -0.123. The molecule has 218 valence electrons. The number of nitrogens with zero attached hydrogens (tertiary/aromatic N) is 1. The fourth-order valence-electron chi connectivity index (χ4n) is 8.07. The van der Waals surface area contributed by atoms with Gasteiger partial charge in [-0.25, -0.2) is 4.39 Å². The Bertz CT molecular complexity index is 1860. The molecule has 1 saturated heterocycles. The van der Waals surface area contributed by atoms with Crippen molar-refractivity contribution < 1.29 is 18.7 Å². The van der Waals surface area contributed by atoms with Gasteiger partial charge in [0, 0.05) is 26.1 Å². The number of thiazole rings is 1. The molecule has 4 aromatic rings. The smallest absolute Gasteiger partial charge is 0.305 e. The van der Waals surface area contributed by atoms with Crippen molar-refractivity contribution in [3.05, 3.63) is 108 Å². The summed E-state index contributed by atoms with van der Waals surface area (Å²) in [7, 11) is 0. The molecule has 2 aliphatic heterocycles. The molecule has 3 fully saturated rings. The summed E-state index contributed by atoms with van der Waals surface area (Å²) in [4.78, 5) is 45.7. The summed E-state index contributed by atoms with van der Waals surface area (Å²) in [6.07, 6.45) is 0.787. The molecule has 6 nitrogen and oxygen atoms in total. The van der Waals surface area contributed by atoms with Gasteiger partial charge in [0.05, 0.1) is 22.5 Å². The highest BCUT2D eigenvalue weighted by molar-refractivity contribution is 9.10. The maximum absolute atomic E-state index is 14.0. The van der Waals surface area contributed by atoms with Gasteiger partial charge in [-0.3, -0.25) is 19.3 Å². The Morgan fingerprint density at radius 1 is 1.00 bits per heavy atom. The molecule has 8 rings (SSSR count). The van der Waals surface area contributed by atoms with Gasteiger partial charge in [-0.1, -0.05) is 57.1 Å². The Morgan fingerprint density at radius 3 is 2.53 bits per heavy atom. The lowest BCUT2D eigenvalue weighted by Gasteiger charge is -2.43. The van der Waals surface area contributed by atoms with Crippen LogP contribution in [0.15, 0.2) is 81.0 Å². The predicted molar refractivity (Wildman–Crippen MR) is 167 cm³/mol. The van der Waals surface area contributed by atoms with Gasteiger partial charge in [-0.2, -0.15) is 0 Å². The summed E-state index contributed by atoms with van der Waals surface area (Å²) in [5.41, 5.74) is 3.62. The average Bonchev–Trinajstić information content (AvgIpc) is 3.72. The number of aryl methyl sites for hydroxylation is 1. The highest BCUT2D eigenvalue weighted by Crippen LogP contribution is 2.69. The van der Waals surface area contributed by atoms with E-state index >= 15 is 0 Å². The molecule has 7 atom stereocenters. The van der Waals surface area contributed by atoms with Crippen LogP contribution in [-0.2, 0) is 16.2 Å². The number of fused-ring (bicyclic) bond motifs is 9. The van der Waals surface area contributed by atoms with E-state index in [4.69, 9.17) is 4.74 Å². The first-order valence-electron chi connectivity index (χ1n) is 14.3. The van der Waals surface area contributed by atoms with Crippen molar-refractivity contribution in [3.63, 3.8) is 0 Å². The van der Waals surface area contributed by atoms with E-state index in [1.807, 2.05) is 24.3 Å². The predicted octanol–water partition coefficient (Wildman–Crippen LogP) is 6.90. The van der Waals surface area contributed by atoms with E-state index in [1.165, 1.54) is 40.5 Å². The molecule has 0 unspecified atom stereocenters.